The van der Waals surface area contributed by atoms with Gasteiger partial charge in [0.25, 0.3) is 0 Å². The third-order valence-electron chi connectivity index (χ3n) is 3.49. The summed E-state index contributed by atoms with van der Waals surface area (Å²) in [7, 11) is 0. The Morgan fingerprint density at radius 3 is 2.60 bits per heavy atom. The fourth-order valence-corrected chi connectivity index (χ4v) is 3.89. The highest BCUT2D eigenvalue weighted by Gasteiger charge is 2.16. The van der Waals surface area contributed by atoms with E-state index in [9.17, 15) is 0 Å². The second kappa shape index (κ2) is 6.94. The minimum atomic E-state index is -0.170. The first-order valence-electron chi connectivity index (χ1n) is 6.79. The van der Waals surface area contributed by atoms with Crippen LogP contribution in [0.4, 0.5) is 0 Å². The maximum atomic E-state index is 6.21. The smallest absolute Gasteiger partial charge is 0.0992 e. The van der Waals surface area contributed by atoms with Crippen LogP contribution in [-0.4, -0.2) is 9.78 Å². The van der Waals surface area contributed by atoms with Gasteiger partial charge in [-0.05, 0) is 25.0 Å². The van der Waals surface area contributed by atoms with Gasteiger partial charge in [-0.3, -0.25) is 4.68 Å². The minimum Gasteiger partial charge on any atom is -0.324 e. The molecule has 2 aromatic rings. The predicted octanol–water partition coefficient (Wildman–Crippen LogP) is 4.86. The Kier molecular flexibility index (Phi) is 5.49. The Morgan fingerprint density at radius 1 is 1.35 bits per heavy atom. The zero-order valence-corrected chi connectivity index (χ0v) is 14.0. The number of thiophene rings is 1. The minimum absolute atomic E-state index is 0.170. The van der Waals surface area contributed by atoms with E-state index in [1.165, 1.54) is 11.3 Å². The second-order valence-corrected chi connectivity index (χ2v) is 7.13. The van der Waals surface area contributed by atoms with Gasteiger partial charge in [-0.1, -0.05) is 37.0 Å². The van der Waals surface area contributed by atoms with Crippen LogP contribution in [0.3, 0.4) is 0 Å². The number of halogens is 2. The molecule has 2 aromatic heterocycles. The fourth-order valence-electron chi connectivity index (χ4n) is 2.29. The summed E-state index contributed by atoms with van der Waals surface area (Å²) in [4.78, 5) is 0. The zero-order valence-electron chi connectivity index (χ0n) is 11.6. The molecule has 20 heavy (non-hydrogen) atoms. The third-order valence-corrected chi connectivity index (χ3v) is 5.01. The normalized spacial score (nSPS) is 13.1. The van der Waals surface area contributed by atoms with E-state index < -0.39 is 0 Å². The van der Waals surface area contributed by atoms with Crippen molar-refractivity contribution in [3.05, 3.63) is 38.3 Å². The number of hydrogen-bond acceptors (Lipinski definition) is 3. The maximum Gasteiger partial charge on any atom is 0.0992 e. The Labute approximate surface area is 133 Å². The van der Waals surface area contributed by atoms with E-state index in [0.29, 0.717) is 21.1 Å². The highest BCUT2D eigenvalue weighted by Crippen LogP contribution is 2.35. The van der Waals surface area contributed by atoms with E-state index in [2.05, 4.69) is 18.9 Å². The molecule has 0 aliphatic carbocycles. The lowest BCUT2D eigenvalue weighted by Crippen LogP contribution is -2.14. The largest absolute Gasteiger partial charge is 0.324 e. The third kappa shape index (κ3) is 3.55. The van der Waals surface area contributed by atoms with E-state index >= 15 is 0 Å². The van der Waals surface area contributed by atoms with Crippen molar-refractivity contribution in [2.75, 3.05) is 0 Å². The first-order chi connectivity index (χ1) is 9.55. The highest BCUT2D eigenvalue weighted by molar-refractivity contribution is 7.20. The summed E-state index contributed by atoms with van der Waals surface area (Å²) >= 11 is 13.4. The van der Waals surface area contributed by atoms with Crippen LogP contribution in [0.5, 0.6) is 0 Å². The van der Waals surface area contributed by atoms with Crippen molar-refractivity contribution < 1.29 is 0 Å². The molecule has 2 N–H and O–H groups in total. The molecule has 0 radical (unpaired) electrons. The van der Waals surface area contributed by atoms with E-state index in [4.69, 9.17) is 28.9 Å². The van der Waals surface area contributed by atoms with Crippen LogP contribution in [0.15, 0.2) is 18.3 Å². The lowest BCUT2D eigenvalue weighted by Gasteiger charge is -2.13. The van der Waals surface area contributed by atoms with E-state index in [1.807, 2.05) is 23.0 Å². The van der Waals surface area contributed by atoms with E-state index in [0.717, 1.165) is 24.1 Å². The SMILES string of the molecule is CCC(CC)n1ccc(CC(N)c2cc(Cl)sc2Cl)n1. The van der Waals surface area contributed by atoms with Gasteiger partial charge < -0.3 is 5.73 Å². The van der Waals surface area contributed by atoms with Crippen molar-refractivity contribution >= 4 is 34.5 Å². The molecule has 0 aliphatic rings. The van der Waals surface area contributed by atoms with Gasteiger partial charge in [-0.25, -0.2) is 0 Å². The molecule has 1 unspecified atom stereocenters. The van der Waals surface area contributed by atoms with Gasteiger partial charge in [0.1, 0.15) is 0 Å². The molecule has 0 aliphatic heterocycles. The molecule has 0 saturated heterocycles. The van der Waals surface area contributed by atoms with Crippen molar-refractivity contribution in [1.29, 1.82) is 0 Å². The molecular weight excluding hydrogens is 313 g/mol. The zero-order chi connectivity index (χ0) is 14.7. The van der Waals surface area contributed by atoms with Gasteiger partial charge in [0, 0.05) is 24.2 Å². The fraction of sp³-hybridized carbons (Fsp3) is 0.500. The molecule has 0 bridgehead atoms. The topological polar surface area (TPSA) is 43.8 Å². The van der Waals surface area contributed by atoms with E-state index in [1.54, 1.807) is 0 Å². The Hall–Kier alpha value is -0.550. The van der Waals surface area contributed by atoms with Crippen LogP contribution < -0.4 is 5.73 Å². The summed E-state index contributed by atoms with van der Waals surface area (Å²) < 4.78 is 3.37. The summed E-state index contributed by atoms with van der Waals surface area (Å²) in [5.41, 5.74) is 8.10. The Bertz CT molecular complexity index is 561. The number of rotatable bonds is 6. The molecule has 2 rings (SSSR count). The predicted molar refractivity (Wildman–Crippen MR) is 86.8 cm³/mol. The molecule has 110 valence electrons. The average Bonchev–Trinajstić information content (AvgIpc) is 2.98. The Balaban J connectivity index is 2.08. The van der Waals surface area contributed by atoms with Gasteiger partial charge in [0.05, 0.1) is 20.4 Å². The molecule has 3 nitrogen and oxygen atoms in total. The number of nitrogens with two attached hydrogens (primary N) is 1. The van der Waals surface area contributed by atoms with Crippen molar-refractivity contribution in [2.45, 2.75) is 45.2 Å². The van der Waals surface area contributed by atoms with Gasteiger partial charge in [0.15, 0.2) is 0 Å². The highest BCUT2D eigenvalue weighted by atomic mass is 35.5. The second-order valence-electron chi connectivity index (χ2n) is 4.85. The average molecular weight is 332 g/mol. The van der Waals surface area contributed by atoms with Crippen molar-refractivity contribution in [3.8, 4) is 0 Å². The van der Waals surface area contributed by atoms with Crippen LogP contribution in [0.1, 0.15) is 50.0 Å². The summed E-state index contributed by atoms with van der Waals surface area (Å²) in [6, 6.07) is 4.16. The molecule has 0 amide bonds. The lowest BCUT2D eigenvalue weighted by atomic mass is 10.1. The standard InChI is InChI=1S/C14H19Cl2N3S/c1-3-10(4-2)19-6-5-9(18-19)7-12(17)11-8-13(15)20-14(11)16/h5-6,8,10,12H,3-4,7,17H2,1-2H3. The molecule has 0 spiro atoms. The summed E-state index contributed by atoms with van der Waals surface area (Å²) in [6.45, 7) is 4.35. The summed E-state index contributed by atoms with van der Waals surface area (Å²) in [5, 5.41) is 4.62. The van der Waals surface area contributed by atoms with Crippen LogP contribution in [0, 0.1) is 0 Å². The number of nitrogens with zero attached hydrogens (tertiary/aromatic N) is 2. The van der Waals surface area contributed by atoms with Crippen molar-refractivity contribution in [2.24, 2.45) is 5.73 Å². The number of hydrogen-bond donors (Lipinski definition) is 1. The van der Waals surface area contributed by atoms with Crippen LogP contribution >= 0.6 is 34.5 Å². The van der Waals surface area contributed by atoms with E-state index in [-0.39, 0.29) is 6.04 Å². The lowest BCUT2D eigenvalue weighted by molar-refractivity contribution is 0.424. The summed E-state index contributed by atoms with van der Waals surface area (Å²) in [5.74, 6) is 0. The molecule has 1 atom stereocenters. The monoisotopic (exact) mass is 331 g/mol. The maximum absolute atomic E-state index is 6.21. The van der Waals surface area contributed by atoms with Crippen LogP contribution in [0.25, 0.3) is 0 Å². The van der Waals surface area contributed by atoms with Crippen LogP contribution in [-0.2, 0) is 6.42 Å². The van der Waals surface area contributed by atoms with Crippen LogP contribution in [0.2, 0.25) is 8.67 Å². The molecular formula is C14H19Cl2N3S. The quantitative estimate of drug-likeness (QED) is 0.821. The molecule has 6 heteroatoms. The molecule has 2 heterocycles. The molecule has 0 aromatic carbocycles. The first-order valence-corrected chi connectivity index (χ1v) is 8.36. The molecule has 0 saturated carbocycles. The first kappa shape index (κ1) is 15.8. The molecule has 0 fully saturated rings. The van der Waals surface area contributed by atoms with Gasteiger partial charge >= 0.3 is 0 Å². The van der Waals surface area contributed by atoms with Crippen molar-refractivity contribution in [3.63, 3.8) is 0 Å². The number of aromatic nitrogens is 2. The van der Waals surface area contributed by atoms with Gasteiger partial charge in [0.2, 0.25) is 0 Å². The Morgan fingerprint density at radius 2 is 2.05 bits per heavy atom. The van der Waals surface area contributed by atoms with Crippen molar-refractivity contribution in [1.82, 2.24) is 9.78 Å². The van der Waals surface area contributed by atoms with Gasteiger partial charge in [-0.2, -0.15) is 5.10 Å². The summed E-state index contributed by atoms with van der Waals surface area (Å²) in [6.07, 6.45) is 4.85. The van der Waals surface area contributed by atoms with Gasteiger partial charge in [-0.15, -0.1) is 11.3 Å².